The fourth-order valence-electron chi connectivity index (χ4n) is 7.29. The minimum Gasteiger partial charge on any atom is -0.480 e. The second-order valence-corrected chi connectivity index (χ2v) is 11.5. The zero-order chi connectivity index (χ0) is 27.4. The minimum atomic E-state index is -1.09. The van der Waals surface area contributed by atoms with E-state index in [0.29, 0.717) is 18.1 Å². The Bertz CT molecular complexity index is 1190. The third-order valence-corrected chi connectivity index (χ3v) is 8.86. The van der Waals surface area contributed by atoms with Gasteiger partial charge in [0.05, 0.1) is 24.1 Å². The smallest absolute Gasteiger partial charge is 0.317 e. The SMILES string of the molecule is O=C(O)CN(CCNc1nc2ccccc2n(C2CC3CCC(C2)N3C2CCCCCCC2)c1=O)CC(=O)O. The summed E-state index contributed by atoms with van der Waals surface area (Å²) in [5, 5.41) is 21.3. The van der Waals surface area contributed by atoms with Crippen molar-refractivity contribution in [2.75, 3.05) is 31.5 Å². The number of carbonyl (C=O) groups is 2. The normalized spacial score (nSPS) is 24.5. The highest BCUT2D eigenvalue weighted by molar-refractivity contribution is 5.76. The number of piperidine rings is 1. The lowest BCUT2D eigenvalue weighted by atomic mass is 9.89. The van der Waals surface area contributed by atoms with Crippen LogP contribution in [0.2, 0.25) is 0 Å². The molecule has 3 heterocycles. The minimum absolute atomic E-state index is 0.101. The summed E-state index contributed by atoms with van der Waals surface area (Å²) < 4.78 is 1.94. The van der Waals surface area contributed by atoms with Crippen LogP contribution in [0.5, 0.6) is 0 Å². The lowest BCUT2D eigenvalue weighted by Gasteiger charge is -2.45. The first-order valence-electron chi connectivity index (χ1n) is 14.6. The number of carboxylic acid groups (broad SMARTS) is 2. The van der Waals surface area contributed by atoms with Gasteiger partial charge in [-0.1, -0.05) is 44.2 Å². The first kappa shape index (κ1) is 27.6. The Morgan fingerprint density at radius 2 is 1.49 bits per heavy atom. The molecule has 1 saturated carbocycles. The summed E-state index contributed by atoms with van der Waals surface area (Å²) in [4.78, 5) is 44.9. The van der Waals surface area contributed by atoms with E-state index in [0.717, 1.165) is 23.9 Å². The zero-order valence-corrected chi connectivity index (χ0v) is 22.6. The van der Waals surface area contributed by atoms with Gasteiger partial charge in [0.1, 0.15) is 0 Å². The van der Waals surface area contributed by atoms with Crippen molar-refractivity contribution >= 4 is 28.8 Å². The number of fused-ring (bicyclic) bond motifs is 3. The summed E-state index contributed by atoms with van der Waals surface area (Å²) in [7, 11) is 0. The molecule has 0 radical (unpaired) electrons. The van der Waals surface area contributed by atoms with E-state index in [4.69, 9.17) is 10.2 Å². The van der Waals surface area contributed by atoms with Crippen LogP contribution in [0.1, 0.15) is 76.7 Å². The Hall–Kier alpha value is -2.98. The lowest BCUT2D eigenvalue weighted by Crippen LogP contribution is -2.50. The van der Waals surface area contributed by atoms with E-state index in [1.165, 1.54) is 62.7 Å². The van der Waals surface area contributed by atoms with Gasteiger partial charge < -0.3 is 20.1 Å². The van der Waals surface area contributed by atoms with E-state index < -0.39 is 11.9 Å². The van der Waals surface area contributed by atoms with Crippen molar-refractivity contribution in [1.29, 1.82) is 0 Å². The number of para-hydroxylation sites is 2. The molecule has 0 spiro atoms. The number of nitrogens with zero attached hydrogens (tertiary/aromatic N) is 4. The van der Waals surface area contributed by atoms with Crippen LogP contribution in [0.4, 0.5) is 5.82 Å². The van der Waals surface area contributed by atoms with Crippen LogP contribution >= 0.6 is 0 Å². The van der Waals surface area contributed by atoms with Crippen molar-refractivity contribution in [2.45, 2.75) is 94.8 Å². The Morgan fingerprint density at radius 1 is 0.872 bits per heavy atom. The monoisotopic (exact) mass is 539 g/mol. The molecule has 39 heavy (non-hydrogen) atoms. The molecule has 10 nitrogen and oxygen atoms in total. The molecule has 1 aliphatic carbocycles. The zero-order valence-electron chi connectivity index (χ0n) is 22.6. The lowest BCUT2D eigenvalue weighted by molar-refractivity contribution is -0.141. The van der Waals surface area contributed by atoms with E-state index in [1.54, 1.807) is 0 Å². The van der Waals surface area contributed by atoms with Gasteiger partial charge in [-0.25, -0.2) is 4.98 Å². The Morgan fingerprint density at radius 3 is 2.13 bits per heavy atom. The number of hydrogen-bond acceptors (Lipinski definition) is 7. The number of rotatable bonds is 10. The molecule has 212 valence electrons. The summed E-state index contributed by atoms with van der Waals surface area (Å²) in [6.07, 6.45) is 13.6. The Kier molecular flexibility index (Phi) is 8.82. The standard InChI is InChI=1S/C29H41N5O5/c35-26(36)18-32(19-27(37)38)15-14-30-28-29(39)34(25-11-7-6-10-24(25)31-28)23-16-21-12-13-22(17-23)33(21)20-8-4-2-1-3-5-9-20/h6-7,10-11,20-23H,1-5,8-9,12-19H2,(H,30,31)(H,35,36)(H,37,38). The van der Waals surface area contributed by atoms with Crippen LogP contribution in [0.3, 0.4) is 0 Å². The van der Waals surface area contributed by atoms with Crippen LogP contribution in [0.25, 0.3) is 11.0 Å². The van der Waals surface area contributed by atoms with Gasteiger partial charge in [0.2, 0.25) is 0 Å². The predicted octanol–water partition coefficient (Wildman–Crippen LogP) is 3.56. The van der Waals surface area contributed by atoms with Crippen LogP contribution in [-0.2, 0) is 9.59 Å². The molecule has 1 aromatic carbocycles. The van der Waals surface area contributed by atoms with Crippen molar-refractivity contribution < 1.29 is 19.8 Å². The summed E-state index contributed by atoms with van der Waals surface area (Å²) in [5.74, 6) is -1.96. The second-order valence-electron chi connectivity index (χ2n) is 11.5. The molecular formula is C29H41N5O5. The van der Waals surface area contributed by atoms with Gasteiger partial charge in [-0.3, -0.25) is 24.2 Å². The first-order chi connectivity index (χ1) is 18.9. The van der Waals surface area contributed by atoms with Gasteiger partial charge in [-0.05, 0) is 50.7 Å². The molecule has 2 unspecified atom stereocenters. The van der Waals surface area contributed by atoms with E-state index in [9.17, 15) is 14.4 Å². The van der Waals surface area contributed by atoms with Gasteiger partial charge >= 0.3 is 11.9 Å². The van der Waals surface area contributed by atoms with E-state index in [1.807, 2.05) is 28.8 Å². The van der Waals surface area contributed by atoms with Crippen molar-refractivity contribution in [3.63, 3.8) is 0 Å². The maximum absolute atomic E-state index is 13.8. The molecule has 0 amide bonds. The molecule has 2 saturated heterocycles. The van der Waals surface area contributed by atoms with Crippen LogP contribution in [-0.4, -0.2) is 85.8 Å². The molecule has 2 aromatic rings. The average molecular weight is 540 g/mol. The Labute approximate surface area is 229 Å². The fourth-order valence-corrected chi connectivity index (χ4v) is 7.29. The third kappa shape index (κ3) is 6.44. The number of hydrogen-bond donors (Lipinski definition) is 3. The topological polar surface area (TPSA) is 128 Å². The number of anilines is 1. The van der Waals surface area contributed by atoms with Crippen molar-refractivity contribution in [2.24, 2.45) is 0 Å². The molecule has 3 aliphatic rings. The average Bonchev–Trinajstić information content (AvgIpc) is 3.12. The maximum Gasteiger partial charge on any atom is 0.317 e. The highest BCUT2D eigenvalue weighted by Crippen LogP contribution is 2.44. The number of nitrogens with one attached hydrogen (secondary N) is 1. The van der Waals surface area contributed by atoms with Crippen LogP contribution in [0, 0.1) is 0 Å². The number of aromatic nitrogens is 2. The van der Waals surface area contributed by atoms with Gasteiger partial charge in [0, 0.05) is 37.3 Å². The number of aliphatic carboxylic acids is 2. The summed E-state index contributed by atoms with van der Waals surface area (Å²) >= 11 is 0. The molecule has 1 aromatic heterocycles. The predicted molar refractivity (Wildman–Crippen MR) is 149 cm³/mol. The van der Waals surface area contributed by atoms with Crippen molar-refractivity contribution in [3.8, 4) is 0 Å². The largest absolute Gasteiger partial charge is 0.480 e. The highest BCUT2D eigenvalue weighted by Gasteiger charge is 2.44. The summed E-state index contributed by atoms with van der Waals surface area (Å²) in [6.45, 7) is -0.388. The maximum atomic E-state index is 13.8. The van der Waals surface area contributed by atoms with E-state index >= 15 is 0 Å². The molecule has 3 N–H and O–H groups in total. The van der Waals surface area contributed by atoms with Crippen molar-refractivity contribution in [3.05, 3.63) is 34.6 Å². The quantitative estimate of drug-likeness (QED) is 0.415. The fraction of sp³-hybridized carbons (Fsp3) is 0.655. The summed E-state index contributed by atoms with van der Waals surface area (Å²) in [5.41, 5.74) is 1.41. The first-order valence-corrected chi connectivity index (χ1v) is 14.6. The molecular weight excluding hydrogens is 498 g/mol. The van der Waals surface area contributed by atoms with Gasteiger partial charge in [-0.15, -0.1) is 0 Å². The van der Waals surface area contributed by atoms with E-state index in [-0.39, 0.29) is 43.6 Å². The third-order valence-electron chi connectivity index (χ3n) is 8.86. The second kappa shape index (κ2) is 12.5. The van der Waals surface area contributed by atoms with Crippen LogP contribution < -0.4 is 10.9 Å². The molecule has 2 aliphatic heterocycles. The molecule has 2 atom stereocenters. The molecule has 2 bridgehead atoms. The Balaban J connectivity index is 1.35. The number of carboxylic acids is 2. The highest BCUT2D eigenvalue weighted by atomic mass is 16.4. The summed E-state index contributed by atoms with van der Waals surface area (Å²) in [6, 6.07) is 9.53. The molecule has 5 rings (SSSR count). The molecule has 3 fully saturated rings. The van der Waals surface area contributed by atoms with Gasteiger partial charge in [0.25, 0.3) is 5.56 Å². The van der Waals surface area contributed by atoms with Gasteiger partial charge in [-0.2, -0.15) is 0 Å². The van der Waals surface area contributed by atoms with Crippen LogP contribution in [0.15, 0.2) is 29.1 Å². The number of benzene rings is 1. The van der Waals surface area contributed by atoms with E-state index in [2.05, 4.69) is 15.2 Å². The van der Waals surface area contributed by atoms with Crippen molar-refractivity contribution in [1.82, 2.24) is 19.4 Å². The molecule has 10 heteroatoms. The van der Waals surface area contributed by atoms with Gasteiger partial charge in [0.15, 0.2) is 5.82 Å².